The van der Waals surface area contributed by atoms with Gasteiger partial charge < -0.3 is 10.1 Å². The van der Waals surface area contributed by atoms with Crippen molar-refractivity contribution >= 4 is 5.65 Å². The summed E-state index contributed by atoms with van der Waals surface area (Å²) in [5.41, 5.74) is 0.778. The Morgan fingerprint density at radius 3 is 3.25 bits per heavy atom. The summed E-state index contributed by atoms with van der Waals surface area (Å²) < 4.78 is 7.28. The molecule has 0 unspecified atom stereocenters. The van der Waals surface area contributed by atoms with Gasteiger partial charge in [0.1, 0.15) is 0 Å². The van der Waals surface area contributed by atoms with Gasteiger partial charge >= 0.3 is 0 Å². The maximum atomic E-state index is 5.32. The van der Waals surface area contributed by atoms with Gasteiger partial charge in [-0.2, -0.15) is 0 Å². The minimum atomic E-state index is 0.211. The average Bonchev–Trinajstić information content (AvgIpc) is 2.94. The largest absolute Gasteiger partial charge is 0.380 e. The molecule has 1 fully saturated rings. The topological polar surface area (TPSA) is 64.3 Å². The van der Waals surface area contributed by atoms with Crippen LogP contribution in [0.15, 0.2) is 18.6 Å². The first-order valence-corrected chi connectivity index (χ1v) is 5.29. The molecular formula is C10H13N5O. The summed E-state index contributed by atoms with van der Waals surface area (Å²) in [5.74, 6) is 0.928. The van der Waals surface area contributed by atoms with E-state index in [1.807, 2.05) is 10.6 Å². The molecule has 0 amide bonds. The SMILES string of the molecule is CO[C@H]1CN[C@@H](c2nnc3cnccn23)C1. The maximum absolute atomic E-state index is 5.32. The fraction of sp³-hybridized carbons (Fsp3) is 0.500. The van der Waals surface area contributed by atoms with Crippen molar-refractivity contribution in [1.29, 1.82) is 0 Å². The van der Waals surface area contributed by atoms with Crippen LogP contribution in [0.5, 0.6) is 0 Å². The number of hydrogen-bond donors (Lipinski definition) is 1. The molecule has 0 spiro atoms. The highest BCUT2D eigenvalue weighted by Crippen LogP contribution is 2.23. The molecule has 0 bridgehead atoms. The lowest BCUT2D eigenvalue weighted by atomic mass is 10.2. The molecule has 0 aromatic carbocycles. The molecule has 2 atom stereocenters. The second-order valence-corrected chi connectivity index (χ2v) is 3.92. The van der Waals surface area contributed by atoms with Crippen molar-refractivity contribution in [2.45, 2.75) is 18.6 Å². The zero-order valence-electron chi connectivity index (χ0n) is 9.00. The summed E-state index contributed by atoms with van der Waals surface area (Å²) in [6, 6.07) is 0.211. The standard InChI is InChI=1S/C10H13N5O/c1-16-7-4-8(12-5-7)10-14-13-9-6-11-2-3-15(9)10/h2-3,6-8,12H,4-5H2,1H3/t7-,8-/m1/s1. The summed E-state index contributed by atoms with van der Waals surface area (Å²) in [6.07, 6.45) is 6.52. The molecule has 3 heterocycles. The van der Waals surface area contributed by atoms with Crippen LogP contribution in [-0.4, -0.2) is 39.3 Å². The van der Waals surface area contributed by atoms with E-state index in [1.54, 1.807) is 19.5 Å². The van der Waals surface area contributed by atoms with Crippen LogP contribution in [0.4, 0.5) is 0 Å². The summed E-state index contributed by atoms with van der Waals surface area (Å²) in [5, 5.41) is 11.7. The van der Waals surface area contributed by atoms with Crippen LogP contribution >= 0.6 is 0 Å². The number of nitrogens with one attached hydrogen (secondary N) is 1. The van der Waals surface area contributed by atoms with Crippen molar-refractivity contribution in [3.63, 3.8) is 0 Å². The smallest absolute Gasteiger partial charge is 0.179 e. The van der Waals surface area contributed by atoms with Crippen LogP contribution < -0.4 is 5.32 Å². The van der Waals surface area contributed by atoms with Crippen LogP contribution in [0.25, 0.3) is 5.65 Å². The van der Waals surface area contributed by atoms with E-state index >= 15 is 0 Å². The first kappa shape index (κ1) is 9.68. The van der Waals surface area contributed by atoms with E-state index in [2.05, 4.69) is 20.5 Å². The third kappa shape index (κ3) is 1.46. The molecular weight excluding hydrogens is 206 g/mol. The quantitative estimate of drug-likeness (QED) is 0.780. The van der Waals surface area contributed by atoms with E-state index in [9.17, 15) is 0 Å². The lowest BCUT2D eigenvalue weighted by Gasteiger charge is -2.07. The third-order valence-corrected chi connectivity index (χ3v) is 2.98. The van der Waals surface area contributed by atoms with Gasteiger partial charge in [-0.1, -0.05) is 0 Å². The lowest BCUT2D eigenvalue weighted by molar-refractivity contribution is 0.117. The van der Waals surface area contributed by atoms with E-state index in [0.29, 0.717) is 0 Å². The zero-order chi connectivity index (χ0) is 11.0. The van der Waals surface area contributed by atoms with Gasteiger partial charge in [0.15, 0.2) is 11.5 Å². The summed E-state index contributed by atoms with van der Waals surface area (Å²) in [4.78, 5) is 4.02. The highest BCUT2D eigenvalue weighted by molar-refractivity contribution is 5.34. The molecule has 1 N–H and O–H groups in total. The molecule has 6 nitrogen and oxygen atoms in total. The molecule has 2 aromatic heterocycles. The Morgan fingerprint density at radius 1 is 1.50 bits per heavy atom. The minimum Gasteiger partial charge on any atom is -0.380 e. The number of ether oxygens (including phenoxy) is 1. The monoisotopic (exact) mass is 219 g/mol. The van der Waals surface area contributed by atoms with Gasteiger partial charge in [0.25, 0.3) is 0 Å². The molecule has 6 heteroatoms. The molecule has 84 valence electrons. The van der Waals surface area contributed by atoms with E-state index < -0.39 is 0 Å². The number of nitrogens with zero attached hydrogens (tertiary/aromatic N) is 4. The molecule has 3 rings (SSSR count). The fourth-order valence-corrected chi connectivity index (χ4v) is 2.09. The van der Waals surface area contributed by atoms with Crippen molar-refractivity contribution in [1.82, 2.24) is 24.9 Å². The van der Waals surface area contributed by atoms with E-state index in [1.165, 1.54) is 0 Å². The molecule has 0 aliphatic carbocycles. The first-order chi connectivity index (χ1) is 7.88. The van der Waals surface area contributed by atoms with Gasteiger partial charge in [-0.15, -0.1) is 10.2 Å². The molecule has 2 aromatic rings. The number of methoxy groups -OCH3 is 1. The second kappa shape index (κ2) is 3.80. The lowest BCUT2D eigenvalue weighted by Crippen LogP contribution is -2.17. The molecule has 1 saturated heterocycles. The molecule has 1 aliphatic heterocycles. The van der Waals surface area contributed by atoms with Crippen LogP contribution in [-0.2, 0) is 4.74 Å². The summed E-state index contributed by atoms with van der Waals surface area (Å²) >= 11 is 0. The Labute approximate surface area is 92.7 Å². The first-order valence-electron chi connectivity index (χ1n) is 5.29. The van der Waals surface area contributed by atoms with Crippen molar-refractivity contribution < 1.29 is 4.74 Å². The zero-order valence-corrected chi connectivity index (χ0v) is 9.00. The Bertz CT molecular complexity index is 497. The number of aromatic nitrogens is 4. The summed E-state index contributed by atoms with van der Waals surface area (Å²) in [7, 11) is 1.74. The molecule has 0 saturated carbocycles. The average molecular weight is 219 g/mol. The van der Waals surface area contributed by atoms with Gasteiger partial charge in [-0.05, 0) is 6.42 Å². The molecule has 16 heavy (non-hydrogen) atoms. The maximum Gasteiger partial charge on any atom is 0.179 e. The van der Waals surface area contributed by atoms with Crippen LogP contribution in [0.3, 0.4) is 0 Å². The van der Waals surface area contributed by atoms with Gasteiger partial charge in [0.2, 0.25) is 0 Å². The van der Waals surface area contributed by atoms with Crippen LogP contribution in [0.1, 0.15) is 18.3 Å². The Hall–Kier alpha value is -1.53. The third-order valence-electron chi connectivity index (χ3n) is 2.98. The van der Waals surface area contributed by atoms with Crippen molar-refractivity contribution in [3.8, 4) is 0 Å². The fourth-order valence-electron chi connectivity index (χ4n) is 2.09. The van der Waals surface area contributed by atoms with Crippen LogP contribution in [0, 0.1) is 0 Å². The highest BCUT2D eigenvalue weighted by atomic mass is 16.5. The number of fused-ring (bicyclic) bond motifs is 1. The number of hydrogen-bond acceptors (Lipinski definition) is 5. The van der Waals surface area contributed by atoms with Crippen molar-refractivity contribution in [2.24, 2.45) is 0 Å². The predicted octanol–water partition coefficient (Wildman–Crippen LogP) is 0.174. The van der Waals surface area contributed by atoms with Gasteiger partial charge in [0, 0.05) is 26.0 Å². The Balaban J connectivity index is 1.95. The van der Waals surface area contributed by atoms with Crippen molar-refractivity contribution in [3.05, 3.63) is 24.4 Å². The summed E-state index contributed by atoms with van der Waals surface area (Å²) in [6.45, 7) is 0.862. The van der Waals surface area contributed by atoms with Gasteiger partial charge in [-0.3, -0.25) is 9.38 Å². The van der Waals surface area contributed by atoms with Crippen molar-refractivity contribution in [2.75, 3.05) is 13.7 Å². The molecule has 0 radical (unpaired) electrons. The Kier molecular flexibility index (Phi) is 2.30. The number of rotatable bonds is 2. The highest BCUT2D eigenvalue weighted by Gasteiger charge is 2.28. The molecule has 1 aliphatic rings. The Morgan fingerprint density at radius 2 is 2.44 bits per heavy atom. The van der Waals surface area contributed by atoms with E-state index in [-0.39, 0.29) is 12.1 Å². The van der Waals surface area contributed by atoms with E-state index in [0.717, 1.165) is 24.4 Å². The van der Waals surface area contributed by atoms with Gasteiger partial charge in [0.05, 0.1) is 18.3 Å². The predicted molar refractivity (Wildman–Crippen MR) is 56.9 cm³/mol. The normalized spacial score (nSPS) is 25.3. The van der Waals surface area contributed by atoms with E-state index in [4.69, 9.17) is 4.74 Å². The second-order valence-electron chi connectivity index (χ2n) is 3.92. The van der Waals surface area contributed by atoms with Gasteiger partial charge in [-0.25, -0.2) is 0 Å². The minimum absolute atomic E-state index is 0.211. The van der Waals surface area contributed by atoms with Crippen LogP contribution in [0.2, 0.25) is 0 Å².